The summed E-state index contributed by atoms with van der Waals surface area (Å²) in [6, 6.07) is 0. The summed E-state index contributed by atoms with van der Waals surface area (Å²) in [5.74, 6) is 0.342. The van der Waals surface area contributed by atoms with E-state index >= 15 is 0 Å². The third-order valence-electron chi connectivity index (χ3n) is 2.24. The molecule has 0 bridgehead atoms. The fourth-order valence-electron chi connectivity index (χ4n) is 1.58. The van der Waals surface area contributed by atoms with E-state index in [-0.39, 0.29) is 0 Å². The SMILES string of the molecule is C=C/C=C\C(=C/C=C)c1c(OO)c(C)nn1C. The Balaban J connectivity index is 3.37. The predicted octanol–water partition coefficient (Wildman–Crippen LogP) is 2.89. The van der Waals surface area contributed by atoms with Crippen molar-refractivity contribution in [3.05, 3.63) is 54.9 Å². The van der Waals surface area contributed by atoms with Crippen LogP contribution in [0.25, 0.3) is 5.57 Å². The molecule has 0 saturated carbocycles. The smallest absolute Gasteiger partial charge is 0.213 e. The summed E-state index contributed by atoms with van der Waals surface area (Å²) in [6.07, 6.45) is 8.76. The molecule has 0 saturated heterocycles. The lowest BCUT2D eigenvalue weighted by Gasteiger charge is -2.04. The highest BCUT2D eigenvalue weighted by atomic mass is 17.1. The first kappa shape index (κ1) is 13.0. The third-order valence-corrected chi connectivity index (χ3v) is 2.24. The van der Waals surface area contributed by atoms with Crippen molar-refractivity contribution in [3.8, 4) is 5.75 Å². The van der Waals surface area contributed by atoms with Crippen molar-refractivity contribution in [1.82, 2.24) is 9.78 Å². The van der Waals surface area contributed by atoms with Gasteiger partial charge in [0.05, 0.1) is 0 Å². The largest absolute Gasteiger partial charge is 0.336 e. The van der Waals surface area contributed by atoms with Crippen LogP contribution in [0.4, 0.5) is 0 Å². The topological polar surface area (TPSA) is 47.3 Å². The van der Waals surface area contributed by atoms with Gasteiger partial charge >= 0.3 is 0 Å². The average Bonchev–Trinajstić information content (AvgIpc) is 2.59. The lowest BCUT2D eigenvalue weighted by Crippen LogP contribution is -1.98. The van der Waals surface area contributed by atoms with Gasteiger partial charge in [0, 0.05) is 12.6 Å². The second-order valence-corrected chi connectivity index (χ2v) is 3.43. The van der Waals surface area contributed by atoms with Gasteiger partial charge in [-0.25, -0.2) is 5.26 Å². The molecule has 90 valence electrons. The zero-order chi connectivity index (χ0) is 12.8. The van der Waals surface area contributed by atoms with Crippen molar-refractivity contribution in [3.63, 3.8) is 0 Å². The lowest BCUT2D eigenvalue weighted by molar-refractivity contribution is -0.138. The Bertz CT molecular complexity index is 482. The predicted molar refractivity (Wildman–Crippen MR) is 68.7 cm³/mol. The van der Waals surface area contributed by atoms with Crippen LogP contribution in [0.2, 0.25) is 0 Å². The van der Waals surface area contributed by atoms with Crippen LogP contribution in [-0.2, 0) is 7.05 Å². The lowest BCUT2D eigenvalue weighted by atomic mass is 10.1. The maximum atomic E-state index is 8.90. The van der Waals surface area contributed by atoms with Gasteiger partial charge in [-0.1, -0.05) is 43.5 Å². The van der Waals surface area contributed by atoms with E-state index in [0.29, 0.717) is 17.1 Å². The summed E-state index contributed by atoms with van der Waals surface area (Å²) in [4.78, 5) is 4.39. The Morgan fingerprint density at radius 2 is 2.12 bits per heavy atom. The number of aryl methyl sites for hydroxylation is 2. The van der Waals surface area contributed by atoms with Crippen LogP contribution >= 0.6 is 0 Å². The van der Waals surface area contributed by atoms with Crippen molar-refractivity contribution in [1.29, 1.82) is 0 Å². The molecule has 1 heterocycles. The zero-order valence-electron chi connectivity index (χ0n) is 10.1. The first-order valence-corrected chi connectivity index (χ1v) is 5.12. The average molecular weight is 232 g/mol. The minimum absolute atomic E-state index is 0.342. The van der Waals surface area contributed by atoms with E-state index in [4.69, 9.17) is 5.26 Å². The van der Waals surface area contributed by atoms with Gasteiger partial charge in [-0.05, 0) is 6.92 Å². The van der Waals surface area contributed by atoms with E-state index in [2.05, 4.69) is 23.1 Å². The number of rotatable bonds is 5. The van der Waals surface area contributed by atoms with Crippen LogP contribution in [0.3, 0.4) is 0 Å². The Labute approximate surface area is 101 Å². The summed E-state index contributed by atoms with van der Waals surface area (Å²) in [5, 5.41) is 13.1. The van der Waals surface area contributed by atoms with Crippen LogP contribution in [0.1, 0.15) is 11.4 Å². The highest BCUT2D eigenvalue weighted by molar-refractivity contribution is 5.77. The van der Waals surface area contributed by atoms with Gasteiger partial charge in [0.25, 0.3) is 0 Å². The minimum Gasteiger partial charge on any atom is -0.336 e. The normalized spacial score (nSPS) is 11.8. The molecule has 4 heteroatoms. The molecule has 0 fully saturated rings. The number of allylic oxidation sites excluding steroid dienone is 6. The van der Waals surface area contributed by atoms with Gasteiger partial charge in [-0.15, -0.1) is 0 Å². The van der Waals surface area contributed by atoms with E-state index in [9.17, 15) is 0 Å². The quantitative estimate of drug-likeness (QED) is 0.482. The standard InChI is InChI=1S/C13H16N2O2/c1-5-7-9-11(8-6-2)12-13(17-16)10(3)14-15(12)4/h5-9,16H,1-2H2,3-4H3/b9-7-,11-8+. The Hall–Kier alpha value is -2.07. The minimum atomic E-state index is 0.342. The first-order valence-electron chi connectivity index (χ1n) is 5.12. The molecule has 1 aromatic heterocycles. The van der Waals surface area contributed by atoms with Gasteiger partial charge in [-0.3, -0.25) is 4.68 Å². The molecular weight excluding hydrogens is 216 g/mol. The Morgan fingerprint density at radius 3 is 2.65 bits per heavy atom. The van der Waals surface area contributed by atoms with Crippen LogP contribution in [0.15, 0.2) is 43.5 Å². The Morgan fingerprint density at radius 1 is 1.41 bits per heavy atom. The zero-order valence-corrected chi connectivity index (χ0v) is 10.1. The molecule has 0 aliphatic rings. The van der Waals surface area contributed by atoms with E-state index in [1.807, 2.05) is 6.08 Å². The fourth-order valence-corrected chi connectivity index (χ4v) is 1.58. The molecule has 0 aromatic carbocycles. The number of hydrogen-bond acceptors (Lipinski definition) is 3. The highest BCUT2D eigenvalue weighted by Gasteiger charge is 2.17. The number of hydrogen-bond donors (Lipinski definition) is 1. The van der Waals surface area contributed by atoms with Gasteiger partial charge < -0.3 is 4.89 Å². The molecule has 0 spiro atoms. The summed E-state index contributed by atoms with van der Waals surface area (Å²) in [5.41, 5.74) is 2.13. The van der Waals surface area contributed by atoms with Crippen molar-refractivity contribution in [2.75, 3.05) is 0 Å². The molecule has 0 aliphatic carbocycles. The third kappa shape index (κ3) is 2.73. The van der Waals surface area contributed by atoms with Crippen LogP contribution in [0.5, 0.6) is 5.75 Å². The van der Waals surface area contributed by atoms with E-state index in [1.165, 1.54) is 0 Å². The number of aromatic nitrogens is 2. The molecule has 0 radical (unpaired) electrons. The van der Waals surface area contributed by atoms with E-state index < -0.39 is 0 Å². The van der Waals surface area contributed by atoms with Gasteiger partial charge in [0.15, 0.2) is 0 Å². The molecule has 1 N–H and O–H groups in total. The summed E-state index contributed by atoms with van der Waals surface area (Å²) in [7, 11) is 1.78. The molecule has 0 amide bonds. The van der Waals surface area contributed by atoms with Gasteiger partial charge in [0.1, 0.15) is 11.4 Å². The van der Waals surface area contributed by atoms with Crippen molar-refractivity contribution < 1.29 is 10.1 Å². The first-order chi connectivity index (χ1) is 8.15. The van der Waals surface area contributed by atoms with E-state index in [1.54, 1.807) is 43.0 Å². The van der Waals surface area contributed by atoms with Crippen LogP contribution in [0, 0.1) is 6.92 Å². The molecule has 17 heavy (non-hydrogen) atoms. The molecule has 0 aliphatic heterocycles. The molecule has 0 unspecified atom stereocenters. The van der Waals surface area contributed by atoms with E-state index in [0.717, 1.165) is 5.57 Å². The van der Waals surface area contributed by atoms with Gasteiger partial charge in [0.2, 0.25) is 5.75 Å². The van der Waals surface area contributed by atoms with Crippen molar-refractivity contribution in [2.45, 2.75) is 6.92 Å². The number of nitrogens with zero attached hydrogens (tertiary/aromatic N) is 2. The second-order valence-electron chi connectivity index (χ2n) is 3.43. The van der Waals surface area contributed by atoms with Crippen molar-refractivity contribution >= 4 is 5.57 Å². The maximum absolute atomic E-state index is 8.90. The molecule has 0 atom stereocenters. The maximum Gasteiger partial charge on any atom is 0.213 e. The van der Waals surface area contributed by atoms with Crippen LogP contribution < -0.4 is 4.89 Å². The summed E-state index contributed by atoms with van der Waals surface area (Å²) >= 11 is 0. The van der Waals surface area contributed by atoms with Crippen molar-refractivity contribution in [2.24, 2.45) is 7.05 Å². The molecular formula is C13H16N2O2. The van der Waals surface area contributed by atoms with Gasteiger partial charge in [-0.2, -0.15) is 5.10 Å². The fraction of sp³-hybridized carbons (Fsp3) is 0.154. The highest BCUT2D eigenvalue weighted by Crippen LogP contribution is 2.29. The Kier molecular flexibility index (Phi) is 4.48. The molecule has 4 nitrogen and oxygen atoms in total. The summed E-state index contributed by atoms with van der Waals surface area (Å²) < 4.78 is 1.64. The molecule has 1 rings (SSSR count). The molecule has 1 aromatic rings. The summed E-state index contributed by atoms with van der Waals surface area (Å²) in [6.45, 7) is 9.03. The van der Waals surface area contributed by atoms with Crippen LogP contribution in [-0.4, -0.2) is 15.0 Å². The monoisotopic (exact) mass is 232 g/mol. The second kappa shape index (κ2) is 5.86.